The maximum Gasteiger partial charge on any atom is 0.309 e. The van der Waals surface area contributed by atoms with Crippen LogP contribution in [-0.2, 0) is 9.53 Å². The molecule has 3 fully saturated rings. The Morgan fingerprint density at radius 1 is 1.05 bits per heavy atom. The number of esters is 1. The van der Waals surface area contributed by atoms with Crippen LogP contribution in [0.4, 0.5) is 0 Å². The van der Waals surface area contributed by atoms with E-state index in [9.17, 15) is 4.79 Å². The second kappa shape index (κ2) is 3.65. The van der Waals surface area contributed by atoms with Crippen molar-refractivity contribution >= 4 is 5.97 Å². The second-order valence-electron chi connectivity index (χ2n) is 8.14. The molecule has 104 valence electrons. The minimum absolute atomic E-state index is 0.0743. The molecule has 7 atom stereocenters. The van der Waals surface area contributed by atoms with Gasteiger partial charge in [0.05, 0.1) is 5.92 Å². The van der Waals surface area contributed by atoms with E-state index in [1.165, 1.54) is 12.8 Å². The summed E-state index contributed by atoms with van der Waals surface area (Å²) in [4.78, 5) is 12.4. The fraction of sp³-hybridized carbons (Fsp3) is 0.824. The maximum atomic E-state index is 12.4. The van der Waals surface area contributed by atoms with Crippen molar-refractivity contribution in [3.63, 3.8) is 0 Å². The summed E-state index contributed by atoms with van der Waals surface area (Å²) in [5, 5.41) is 0. The molecule has 3 saturated carbocycles. The molecule has 0 radical (unpaired) electrons. The third-order valence-corrected chi connectivity index (χ3v) is 5.98. The van der Waals surface area contributed by atoms with E-state index in [0.717, 1.165) is 36.0 Å². The molecule has 0 aliphatic heterocycles. The van der Waals surface area contributed by atoms with Gasteiger partial charge in [-0.25, -0.2) is 0 Å². The summed E-state index contributed by atoms with van der Waals surface area (Å²) in [6.45, 7) is 5.92. The van der Waals surface area contributed by atoms with E-state index in [1.807, 2.05) is 20.8 Å². The molecule has 4 aliphatic rings. The molecule has 4 aliphatic carbocycles. The Morgan fingerprint density at radius 2 is 1.74 bits per heavy atom. The third-order valence-electron chi connectivity index (χ3n) is 5.98. The molecule has 19 heavy (non-hydrogen) atoms. The minimum atomic E-state index is -0.340. The van der Waals surface area contributed by atoms with Crippen LogP contribution in [0, 0.1) is 41.4 Å². The largest absolute Gasteiger partial charge is 0.460 e. The number of hydrogen-bond acceptors (Lipinski definition) is 2. The van der Waals surface area contributed by atoms with Crippen LogP contribution >= 0.6 is 0 Å². The smallest absolute Gasteiger partial charge is 0.309 e. The lowest BCUT2D eigenvalue weighted by atomic mass is 9.69. The Morgan fingerprint density at radius 3 is 2.42 bits per heavy atom. The molecule has 2 heteroatoms. The highest BCUT2D eigenvalue weighted by molar-refractivity contribution is 5.74. The molecule has 0 heterocycles. The predicted molar refractivity (Wildman–Crippen MR) is 73.3 cm³/mol. The zero-order valence-corrected chi connectivity index (χ0v) is 12.1. The number of hydrogen-bond donors (Lipinski definition) is 0. The van der Waals surface area contributed by atoms with Gasteiger partial charge in [-0.05, 0) is 75.5 Å². The van der Waals surface area contributed by atoms with Crippen molar-refractivity contribution in [2.75, 3.05) is 0 Å². The molecule has 4 bridgehead atoms. The number of ether oxygens (including phenoxy) is 1. The van der Waals surface area contributed by atoms with Crippen LogP contribution in [0.3, 0.4) is 0 Å². The number of carbonyl (C=O) groups is 1. The molecular formula is C17H24O2. The van der Waals surface area contributed by atoms with Crippen molar-refractivity contribution < 1.29 is 9.53 Å². The van der Waals surface area contributed by atoms with Gasteiger partial charge in [0.1, 0.15) is 5.60 Å². The SMILES string of the molecule is CC(C)(C)OC(=O)C1C[C@H]2C[C@@H]1C1C2[C@@H]2C=C[C@H]1C2. The summed E-state index contributed by atoms with van der Waals surface area (Å²) < 4.78 is 5.65. The van der Waals surface area contributed by atoms with Crippen molar-refractivity contribution in [2.24, 2.45) is 41.4 Å². The standard InChI is InChI=1S/C17H24O2/c1-17(2,3)19-16(18)13-8-11-7-12(13)15-10-5-4-9(6-10)14(11)15/h4-5,9-15H,6-8H2,1-3H3/t9-,10+,11-,12+,13?,14?,15?/m1/s1. The molecule has 2 nitrogen and oxygen atoms in total. The third kappa shape index (κ3) is 1.64. The number of allylic oxidation sites excluding steroid dienone is 2. The first-order chi connectivity index (χ1) is 8.94. The van der Waals surface area contributed by atoms with Gasteiger partial charge >= 0.3 is 5.97 Å². The van der Waals surface area contributed by atoms with Crippen LogP contribution in [0.5, 0.6) is 0 Å². The summed E-state index contributed by atoms with van der Waals surface area (Å²) in [5.74, 6) is 4.99. The molecule has 0 N–H and O–H groups in total. The molecule has 4 rings (SSSR count). The lowest BCUT2D eigenvalue weighted by Crippen LogP contribution is -2.37. The van der Waals surface area contributed by atoms with Crippen LogP contribution in [0.1, 0.15) is 40.0 Å². The predicted octanol–water partition coefficient (Wildman–Crippen LogP) is 3.42. The molecule has 0 saturated heterocycles. The number of rotatable bonds is 1. The Labute approximate surface area is 115 Å². The Hall–Kier alpha value is -0.790. The molecule has 3 unspecified atom stereocenters. The zero-order chi connectivity index (χ0) is 13.4. The van der Waals surface area contributed by atoms with Gasteiger partial charge in [-0.1, -0.05) is 12.2 Å². The maximum absolute atomic E-state index is 12.4. The second-order valence-corrected chi connectivity index (χ2v) is 8.14. The fourth-order valence-electron chi connectivity index (χ4n) is 5.66. The summed E-state index contributed by atoms with van der Waals surface area (Å²) in [6.07, 6.45) is 8.63. The van der Waals surface area contributed by atoms with Crippen molar-refractivity contribution in [1.82, 2.24) is 0 Å². The average Bonchev–Trinajstić information content (AvgIpc) is 3.04. The van der Waals surface area contributed by atoms with Gasteiger partial charge in [0.15, 0.2) is 0 Å². The Balaban J connectivity index is 1.54. The van der Waals surface area contributed by atoms with Gasteiger partial charge in [-0.3, -0.25) is 4.79 Å². The molecule has 0 aromatic rings. The van der Waals surface area contributed by atoms with Crippen LogP contribution < -0.4 is 0 Å². The van der Waals surface area contributed by atoms with Crippen molar-refractivity contribution in [3.05, 3.63) is 12.2 Å². The lowest BCUT2D eigenvalue weighted by molar-refractivity contribution is -0.163. The van der Waals surface area contributed by atoms with E-state index >= 15 is 0 Å². The van der Waals surface area contributed by atoms with Gasteiger partial charge in [0, 0.05) is 0 Å². The zero-order valence-electron chi connectivity index (χ0n) is 12.1. The van der Waals surface area contributed by atoms with E-state index in [-0.39, 0.29) is 17.5 Å². The van der Waals surface area contributed by atoms with Crippen LogP contribution in [0.15, 0.2) is 12.2 Å². The van der Waals surface area contributed by atoms with E-state index in [4.69, 9.17) is 4.74 Å². The van der Waals surface area contributed by atoms with Gasteiger partial charge in [-0.2, -0.15) is 0 Å². The van der Waals surface area contributed by atoms with Crippen molar-refractivity contribution in [2.45, 2.75) is 45.6 Å². The molecule has 0 amide bonds. The highest BCUT2D eigenvalue weighted by atomic mass is 16.6. The first kappa shape index (κ1) is 12.0. The summed E-state index contributed by atoms with van der Waals surface area (Å²) in [7, 11) is 0. The Kier molecular flexibility index (Phi) is 2.30. The summed E-state index contributed by atoms with van der Waals surface area (Å²) in [6, 6.07) is 0. The normalized spacial score (nSPS) is 49.7. The van der Waals surface area contributed by atoms with E-state index in [2.05, 4.69) is 12.2 Å². The molecule has 0 aromatic carbocycles. The first-order valence-electron chi connectivity index (χ1n) is 7.85. The number of carbonyl (C=O) groups excluding carboxylic acids is 1. The van der Waals surface area contributed by atoms with E-state index in [0.29, 0.717) is 5.92 Å². The van der Waals surface area contributed by atoms with E-state index < -0.39 is 0 Å². The fourth-order valence-corrected chi connectivity index (χ4v) is 5.66. The summed E-state index contributed by atoms with van der Waals surface area (Å²) >= 11 is 0. The minimum Gasteiger partial charge on any atom is -0.460 e. The van der Waals surface area contributed by atoms with Gasteiger partial charge in [0.2, 0.25) is 0 Å². The summed E-state index contributed by atoms with van der Waals surface area (Å²) in [5.41, 5.74) is -0.340. The van der Waals surface area contributed by atoms with Crippen LogP contribution in [0.25, 0.3) is 0 Å². The quantitative estimate of drug-likeness (QED) is 0.410. The number of fused-ring (bicyclic) bond motifs is 9. The van der Waals surface area contributed by atoms with Crippen LogP contribution in [0.2, 0.25) is 0 Å². The molecular weight excluding hydrogens is 236 g/mol. The van der Waals surface area contributed by atoms with Gasteiger partial charge in [0.25, 0.3) is 0 Å². The lowest BCUT2D eigenvalue weighted by Gasteiger charge is -2.36. The Bertz CT molecular complexity index is 445. The topological polar surface area (TPSA) is 26.3 Å². The van der Waals surface area contributed by atoms with Crippen molar-refractivity contribution in [1.29, 1.82) is 0 Å². The van der Waals surface area contributed by atoms with E-state index in [1.54, 1.807) is 0 Å². The van der Waals surface area contributed by atoms with Crippen molar-refractivity contribution in [3.8, 4) is 0 Å². The highest BCUT2D eigenvalue weighted by Crippen LogP contribution is 2.67. The average molecular weight is 260 g/mol. The van der Waals surface area contributed by atoms with Gasteiger partial charge in [-0.15, -0.1) is 0 Å². The first-order valence-corrected chi connectivity index (χ1v) is 7.85. The van der Waals surface area contributed by atoms with Gasteiger partial charge < -0.3 is 4.74 Å². The highest BCUT2D eigenvalue weighted by Gasteiger charge is 2.62. The van der Waals surface area contributed by atoms with Crippen LogP contribution in [-0.4, -0.2) is 11.6 Å². The molecule has 0 spiro atoms. The monoisotopic (exact) mass is 260 g/mol. The molecule has 0 aromatic heterocycles.